The number of carbonyl (C=O) groups excluding carboxylic acids is 2. The number of hydrogen-bond acceptors (Lipinski definition) is 6. The summed E-state index contributed by atoms with van der Waals surface area (Å²) in [5.41, 5.74) is 0.462. The molecule has 1 unspecified atom stereocenters. The van der Waals surface area contributed by atoms with Gasteiger partial charge in [-0.05, 0) is 48.6 Å². The molecular formula is C18H21N3O4S3. The van der Waals surface area contributed by atoms with Crippen molar-refractivity contribution >= 4 is 49.5 Å². The molecule has 1 saturated carbocycles. The molecule has 28 heavy (non-hydrogen) atoms. The van der Waals surface area contributed by atoms with Crippen molar-refractivity contribution in [3.63, 3.8) is 0 Å². The molecule has 3 heterocycles. The van der Waals surface area contributed by atoms with Gasteiger partial charge in [-0.3, -0.25) is 9.59 Å². The maximum atomic E-state index is 12.8. The molecule has 150 valence electrons. The third-order valence-corrected chi connectivity index (χ3v) is 8.97. The van der Waals surface area contributed by atoms with E-state index in [2.05, 4.69) is 10.6 Å². The Bertz CT molecular complexity index is 964. The van der Waals surface area contributed by atoms with Gasteiger partial charge in [-0.1, -0.05) is 6.07 Å². The van der Waals surface area contributed by atoms with Crippen molar-refractivity contribution < 1.29 is 18.0 Å². The summed E-state index contributed by atoms with van der Waals surface area (Å²) in [5.74, 6) is -0.858. The summed E-state index contributed by atoms with van der Waals surface area (Å²) in [6, 6.07) is 5.23. The van der Waals surface area contributed by atoms with Crippen LogP contribution in [0, 0.1) is 5.92 Å². The zero-order chi connectivity index (χ0) is 19.7. The first-order valence-electron chi connectivity index (χ1n) is 9.18. The van der Waals surface area contributed by atoms with E-state index in [0.29, 0.717) is 34.2 Å². The quantitative estimate of drug-likeness (QED) is 0.723. The second kappa shape index (κ2) is 7.94. The Labute approximate surface area is 171 Å². The number of nitrogens with one attached hydrogen (secondary N) is 2. The predicted octanol–water partition coefficient (Wildman–Crippen LogP) is 2.74. The zero-order valence-corrected chi connectivity index (χ0v) is 17.5. The smallest absolute Gasteiger partial charge is 0.254 e. The highest BCUT2D eigenvalue weighted by atomic mass is 32.2. The van der Waals surface area contributed by atoms with Crippen molar-refractivity contribution in [2.75, 3.05) is 18.4 Å². The standard InChI is InChI=1S/C18H21N3O4S3/c22-16(20-18-14(7-10-27-18)17(23)19-13-5-6-13)12-3-1-8-21(11-12)28(24,25)15-4-2-9-26-15/h2,4,7,9-10,12-13H,1,3,5-6,8,11H2,(H,19,23)(H,20,22). The highest BCUT2D eigenvalue weighted by molar-refractivity contribution is 7.91. The molecule has 0 radical (unpaired) electrons. The number of piperidine rings is 1. The van der Waals surface area contributed by atoms with Crippen LogP contribution in [0.25, 0.3) is 0 Å². The van der Waals surface area contributed by atoms with Gasteiger partial charge >= 0.3 is 0 Å². The van der Waals surface area contributed by atoms with Crippen molar-refractivity contribution in [3.05, 3.63) is 34.5 Å². The second-order valence-electron chi connectivity index (χ2n) is 7.03. The molecular weight excluding hydrogens is 418 g/mol. The Morgan fingerprint density at radius 3 is 2.64 bits per heavy atom. The van der Waals surface area contributed by atoms with Gasteiger partial charge in [0.05, 0.1) is 11.5 Å². The van der Waals surface area contributed by atoms with E-state index >= 15 is 0 Å². The van der Waals surface area contributed by atoms with E-state index in [4.69, 9.17) is 0 Å². The monoisotopic (exact) mass is 439 g/mol. The normalized spacial score (nSPS) is 20.6. The first-order chi connectivity index (χ1) is 13.4. The van der Waals surface area contributed by atoms with Crippen LogP contribution >= 0.6 is 22.7 Å². The molecule has 0 spiro atoms. The van der Waals surface area contributed by atoms with Crippen molar-refractivity contribution in [2.45, 2.75) is 35.9 Å². The Hall–Kier alpha value is -1.75. The maximum absolute atomic E-state index is 12.8. The lowest BCUT2D eigenvalue weighted by Crippen LogP contribution is -2.43. The number of carbonyl (C=O) groups is 2. The van der Waals surface area contributed by atoms with E-state index in [0.717, 1.165) is 12.8 Å². The topological polar surface area (TPSA) is 95.6 Å². The van der Waals surface area contributed by atoms with E-state index in [1.807, 2.05) is 0 Å². The minimum atomic E-state index is -3.56. The van der Waals surface area contributed by atoms with Gasteiger partial charge in [0.25, 0.3) is 15.9 Å². The van der Waals surface area contributed by atoms with Crippen LogP contribution in [0.3, 0.4) is 0 Å². The molecule has 2 aliphatic rings. The number of anilines is 1. The molecule has 7 nitrogen and oxygen atoms in total. The highest BCUT2D eigenvalue weighted by Crippen LogP contribution is 2.29. The average molecular weight is 440 g/mol. The van der Waals surface area contributed by atoms with Crippen LogP contribution in [0.1, 0.15) is 36.0 Å². The Balaban J connectivity index is 1.43. The summed E-state index contributed by atoms with van der Waals surface area (Å²) in [6.07, 6.45) is 3.24. The van der Waals surface area contributed by atoms with Gasteiger partial charge in [0, 0.05) is 19.1 Å². The van der Waals surface area contributed by atoms with Crippen LogP contribution in [0.2, 0.25) is 0 Å². The molecule has 1 atom stereocenters. The largest absolute Gasteiger partial charge is 0.349 e. The first kappa shape index (κ1) is 19.6. The van der Waals surface area contributed by atoms with Crippen LogP contribution in [0.5, 0.6) is 0 Å². The van der Waals surface area contributed by atoms with Gasteiger partial charge in [-0.25, -0.2) is 8.42 Å². The molecule has 10 heteroatoms. The average Bonchev–Trinajstić information content (AvgIpc) is 3.14. The molecule has 2 aromatic rings. The Morgan fingerprint density at radius 2 is 1.93 bits per heavy atom. The first-order valence-corrected chi connectivity index (χ1v) is 12.4. The van der Waals surface area contributed by atoms with Gasteiger partial charge in [0.1, 0.15) is 9.21 Å². The Morgan fingerprint density at radius 1 is 1.11 bits per heavy atom. The fourth-order valence-electron chi connectivity index (χ4n) is 3.20. The summed E-state index contributed by atoms with van der Waals surface area (Å²) in [5, 5.41) is 9.78. The van der Waals surface area contributed by atoms with E-state index in [1.54, 1.807) is 29.0 Å². The van der Waals surface area contributed by atoms with Crippen molar-refractivity contribution in [2.24, 2.45) is 5.92 Å². The molecule has 0 bridgehead atoms. The molecule has 1 saturated heterocycles. The van der Waals surface area contributed by atoms with Gasteiger partial charge in [-0.15, -0.1) is 22.7 Å². The van der Waals surface area contributed by atoms with E-state index in [9.17, 15) is 18.0 Å². The van der Waals surface area contributed by atoms with Gasteiger partial charge in [0.2, 0.25) is 5.91 Å². The summed E-state index contributed by atoms with van der Waals surface area (Å²) < 4.78 is 27.2. The minimum Gasteiger partial charge on any atom is -0.349 e. The molecule has 2 amide bonds. The van der Waals surface area contributed by atoms with Gasteiger partial charge in [0.15, 0.2) is 0 Å². The molecule has 1 aliphatic heterocycles. The predicted molar refractivity (Wildman–Crippen MR) is 109 cm³/mol. The van der Waals surface area contributed by atoms with Crippen molar-refractivity contribution in [1.82, 2.24) is 9.62 Å². The number of rotatable bonds is 6. The van der Waals surface area contributed by atoms with Crippen molar-refractivity contribution in [1.29, 1.82) is 0 Å². The van der Waals surface area contributed by atoms with E-state index in [1.165, 1.54) is 27.0 Å². The summed E-state index contributed by atoms with van der Waals surface area (Å²) in [4.78, 5) is 25.1. The van der Waals surface area contributed by atoms with Crippen LogP contribution in [-0.4, -0.2) is 43.7 Å². The SMILES string of the molecule is O=C(NC1CC1)c1ccsc1NC(=O)C1CCCN(S(=O)(=O)c2cccs2)C1. The molecule has 2 N–H and O–H groups in total. The zero-order valence-electron chi connectivity index (χ0n) is 15.1. The maximum Gasteiger partial charge on any atom is 0.254 e. The molecule has 4 rings (SSSR count). The number of thiophene rings is 2. The Kier molecular flexibility index (Phi) is 5.55. The lowest BCUT2D eigenvalue weighted by molar-refractivity contribution is -0.120. The number of hydrogen-bond donors (Lipinski definition) is 2. The van der Waals surface area contributed by atoms with E-state index in [-0.39, 0.29) is 24.4 Å². The number of nitrogens with zero attached hydrogens (tertiary/aromatic N) is 1. The minimum absolute atomic E-state index is 0.154. The lowest BCUT2D eigenvalue weighted by Gasteiger charge is -2.30. The summed E-state index contributed by atoms with van der Waals surface area (Å²) >= 11 is 2.48. The molecule has 2 aromatic heterocycles. The number of sulfonamides is 1. The van der Waals surface area contributed by atoms with E-state index < -0.39 is 15.9 Å². The molecule has 2 fully saturated rings. The fraction of sp³-hybridized carbons (Fsp3) is 0.444. The van der Waals surface area contributed by atoms with Gasteiger partial charge in [-0.2, -0.15) is 4.31 Å². The molecule has 1 aliphatic carbocycles. The number of amides is 2. The van der Waals surface area contributed by atoms with Crippen LogP contribution in [0.4, 0.5) is 5.00 Å². The highest BCUT2D eigenvalue weighted by Gasteiger charge is 2.34. The van der Waals surface area contributed by atoms with Crippen LogP contribution in [-0.2, 0) is 14.8 Å². The molecule has 0 aromatic carbocycles. The van der Waals surface area contributed by atoms with Crippen molar-refractivity contribution in [3.8, 4) is 0 Å². The second-order valence-corrected chi connectivity index (χ2v) is 11.1. The summed E-state index contributed by atoms with van der Waals surface area (Å²) in [7, 11) is -3.56. The fourth-order valence-corrected chi connectivity index (χ4v) is 6.66. The van der Waals surface area contributed by atoms with Crippen LogP contribution in [0.15, 0.2) is 33.2 Å². The third kappa shape index (κ3) is 4.14. The third-order valence-electron chi connectivity index (χ3n) is 4.90. The van der Waals surface area contributed by atoms with Gasteiger partial charge < -0.3 is 10.6 Å². The lowest BCUT2D eigenvalue weighted by atomic mass is 9.99. The summed E-state index contributed by atoms with van der Waals surface area (Å²) in [6.45, 7) is 0.569. The van der Waals surface area contributed by atoms with Crippen LogP contribution < -0.4 is 10.6 Å².